The van der Waals surface area contributed by atoms with Crippen molar-refractivity contribution in [2.75, 3.05) is 5.32 Å². The molecule has 0 bridgehead atoms. The number of carbonyl (C=O) groups is 1. The maximum Gasteiger partial charge on any atom is 0.319 e. The van der Waals surface area contributed by atoms with Crippen molar-refractivity contribution in [2.45, 2.75) is 6.54 Å². The second-order valence-corrected chi connectivity index (χ2v) is 5.07. The van der Waals surface area contributed by atoms with E-state index in [0.717, 1.165) is 34.5 Å². The van der Waals surface area contributed by atoms with Gasteiger partial charge >= 0.3 is 6.03 Å². The Morgan fingerprint density at radius 3 is 2.61 bits per heavy atom. The fraction of sp³-hybridized carbons (Fsp3) is 0.0556. The van der Waals surface area contributed by atoms with Gasteiger partial charge in [0.25, 0.3) is 0 Å². The molecule has 0 saturated carbocycles. The highest BCUT2D eigenvalue weighted by Crippen LogP contribution is 2.18. The minimum atomic E-state index is -0.688. The lowest BCUT2D eigenvalue weighted by Gasteiger charge is -2.10. The van der Waals surface area contributed by atoms with Crippen molar-refractivity contribution in [1.82, 2.24) is 5.32 Å². The van der Waals surface area contributed by atoms with Crippen LogP contribution in [0.1, 0.15) is 5.56 Å². The molecule has 0 spiro atoms. The van der Waals surface area contributed by atoms with Crippen LogP contribution in [0.25, 0.3) is 10.8 Å². The molecule has 3 aromatic rings. The SMILES string of the molecule is O=C(NCc1cccc2ccccc12)Nc1cc(F)ccc1F. The summed E-state index contributed by atoms with van der Waals surface area (Å²) in [5.41, 5.74) is 0.749. The fourth-order valence-corrected chi connectivity index (χ4v) is 2.38. The smallest absolute Gasteiger partial charge is 0.319 e. The summed E-state index contributed by atoms with van der Waals surface area (Å²) < 4.78 is 26.6. The van der Waals surface area contributed by atoms with Gasteiger partial charge < -0.3 is 10.6 Å². The van der Waals surface area contributed by atoms with E-state index in [1.54, 1.807) is 0 Å². The van der Waals surface area contributed by atoms with Gasteiger partial charge in [-0.15, -0.1) is 0 Å². The van der Waals surface area contributed by atoms with Gasteiger partial charge in [-0.1, -0.05) is 42.5 Å². The topological polar surface area (TPSA) is 41.1 Å². The zero-order valence-electron chi connectivity index (χ0n) is 12.1. The van der Waals surface area contributed by atoms with E-state index >= 15 is 0 Å². The summed E-state index contributed by atoms with van der Waals surface area (Å²) in [6, 6.07) is 15.9. The van der Waals surface area contributed by atoms with Crippen molar-refractivity contribution in [2.24, 2.45) is 0 Å². The Hall–Kier alpha value is -2.95. The van der Waals surface area contributed by atoms with Gasteiger partial charge in [0.05, 0.1) is 5.69 Å². The Morgan fingerprint density at radius 1 is 0.957 bits per heavy atom. The Bertz CT molecular complexity index is 859. The highest BCUT2D eigenvalue weighted by Gasteiger charge is 2.08. The van der Waals surface area contributed by atoms with Crippen LogP contribution in [0.4, 0.5) is 19.3 Å². The number of anilines is 1. The third-order valence-electron chi connectivity index (χ3n) is 3.50. The third kappa shape index (κ3) is 3.45. The number of urea groups is 1. The first kappa shape index (κ1) is 15.0. The molecule has 0 atom stereocenters. The number of hydrogen-bond donors (Lipinski definition) is 2. The molecule has 5 heteroatoms. The molecular weight excluding hydrogens is 298 g/mol. The molecule has 0 fully saturated rings. The van der Waals surface area contributed by atoms with Crippen LogP contribution >= 0.6 is 0 Å². The number of hydrogen-bond acceptors (Lipinski definition) is 1. The highest BCUT2D eigenvalue weighted by atomic mass is 19.1. The lowest BCUT2D eigenvalue weighted by Crippen LogP contribution is -2.28. The van der Waals surface area contributed by atoms with E-state index in [1.165, 1.54) is 0 Å². The number of fused-ring (bicyclic) bond motifs is 1. The average molecular weight is 312 g/mol. The summed E-state index contributed by atoms with van der Waals surface area (Å²) in [7, 11) is 0. The van der Waals surface area contributed by atoms with E-state index in [0.29, 0.717) is 0 Å². The summed E-state index contributed by atoms with van der Waals surface area (Å²) >= 11 is 0. The van der Waals surface area contributed by atoms with Crippen LogP contribution in [0.15, 0.2) is 60.7 Å². The largest absolute Gasteiger partial charge is 0.334 e. The normalized spacial score (nSPS) is 10.5. The van der Waals surface area contributed by atoms with Crippen molar-refractivity contribution < 1.29 is 13.6 Å². The molecule has 0 aromatic heterocycles. The minimum Gasteiger partial charge on any atom is -0.334 e. The van der Waals surface area contributed by atoms with Crippen LogP contribution in [0, 0.1) is 11.6 Å². The molecule has 0 aliphatic heterocycles. The predicted molar refractivity (Wildman–Crippen MR) is 86.2 cm³/mol. The van der Waals surface area contributed by atoms with Crippen molar-refractivity contribution in [1.29, 1.82) is 0 Å². The van der Waals surface area contributed by atoms with Gasteiger partial charge in [-0.05, 0) is 28.5 Å². The summed E-state index contributed by atoms with van der Waals surface area (Å²) in [5, 5.41) is 7.06. The van der Waals surface area contributed by atoms with Crippen LogP contribution in [-0.2, 0) is 6.54 Å². The maximum absolute atomic E-state index is 13.5. The molecule has 2 N–H and O–H groups in total. The van der Waals surface area contributed by atoms with Gasteiger partial charge in [0.2, 0.25) is 0 Å². The third-order valence-corrected chi connectivity index (χ3v) is 3.50. The molecule has 116 valence electrons. The number of nitrogens with one attached hydrogen (secondary N) is 2. The Morgan fingerprint density at radius 2 is 1.74 bits per heavy atom. The number of benzene rings is 3. The van der Waals surface area contributed by atoms with Crippen molar-refractivity contribution in [3.05, 3.63) is 77.9 Å². The first-order valence-corrected chi connectivity index (χ1v) is 7.10. The van der Waals surface area contributed by atoms with Crippen LogP contribution in [0.5, 0.6) is 0 Å². The summed E-state index contributed by atoms with van der Waals surface area (Å²) in [4.78, 5) is 11.9. The molecule has 0 aliphatic rings. The van der Waals surface area contributed by atoms with E-state index in [2.05, 4.69) is 10.6 Å². The summed E-state index contributed by atoms with van der Waals surface area (Å²) in [5.74, 6) is -1.30. The van der Waals surface area contributed by atoms with Crippen LogP contribution in [0.2, 0.25) is 0 Å². The average Bonchev–Trinajstić information content (AvgIpc) is 2.56. The second-order valence-electron chi connectivity index (χ2n) is 5.07. The van der Waals surface area contributed by atoms with E-state index in [1.807, 2.05) is 42.5 Å². The van der Waals surface area contributed by atoms with E-state index in [9.17, 15) is 13.6 Å². The van der Waals surface area contributed by atoms with Gasteiger partial charge in [-0.3, -0.25) is 0 Å². The monoisotopic (exact) mass is 312 g/mol. The van der Waals surface area contributed by atoms with Gasteiger partial charge in [-0.25, -0.2) is 13.6 Å². The molecule has 2 amide bonds. The van der Waals surface area contributed by atoms with E-state index in [-0.39, 0.29) is 12.2 Å². The van der Waals surface area contributed by atoms with Crippen molar-refractivity contribution in [3.63, 3.8) is 0 Å². The first-order valence-electron chi connectivity index (χ1n) is 7.10. The fourth-order valence-electron chi connectivity index (χ4n) is 2.38. The summed E-state index contributed by atoms with van der Waals surface area (Å²) in [6.45, 7) is 0.282. The molecule has 3 rings (SSSR count). The zero-order valence-corrected chi connectivity index (χ0v) is 12.1. The molecule has 0 heterocycles. The van der Waals surface area contributed by atoms with Gasteiger partial charge in [0, 0.05) is 12.6 Å². The lowest BCUT2D eigenvalue weighted by molar-refractivity contribution is 0.251. The predicted octanol–water partition coefficient (Wildman–Crippen LogP) is 4.44. The molecule has 3 nitrogen and oxygen atoms in total. The summed E-state index contributed by atoms with van der Waals surface area (Å²) in [6.07, 6.45) is 0. The number of carbonyl (C=O) groups excluding carboxylic acids is 1. The van der Waals surface area contributed by atoms with E-state index < -0.39 is 17.7 Å². The molecule has 23 heavy (non-hydrogen) atoms. The highest BCUT2D eigenvalue weighted by molar-refractivity contribution is 5.90. The van der Waals surface area contributed by atoms with Gasteiger partial charge in [0.15, 0.2) is 0 Å². The van der Waals surface area contributed by atoms with Crippen molar-refractivity contribution >= 4 is 22.5 Å². The molecule has 0 radical (unpaired) electrons. The standard InChI is InChI=1S/C18H14F2N2O/c19-14-8-9-16(20)17(10-14)22-18(23)21-11-13-6-3-5-12-4-1-2-7-15(12)13/h1-10H,11H2,(H2,21,22,23). The van der Waals surface area contributed by atoms with Gasteiger partial charge in [0.1, 0.15) is 11.6 Å². The molecular formula is C18H14F2N2O. The van der Waals surface area contributed by atoms with Crippen LogP contribution in [0.3, 0.4) is 0 Å². The Kier molecular flexibility index (Phi) is 4.19. The second kappa shape index (κ2) is 6.44. The first-order chi connectivity index (χ1) is 11.1. The maximum atomic E-state index is 13.5. The van der Waals surface area contributed by atoms with Gasteiger partial charge in [-0.2, -0.15) is 0 Å². The zero-order chi connectivity index (χ0) is 16.2. The molecule has 0 unspecified atom stereocenters. The number of amides is 2. The van der Waals surface area contributed by atoms with Crippen LogP contribution in [-0.4, -0.2) is 6.03 Å². The quantitative estimate of drug-likeness (QED) is 0.737. The Balaban J connectivity index is 1.70. The molecule has 0 saturated heterocycles. The van der Waals surface area contributed by atoms with Crippen LogP contribution < -0.4 is 10.6 Å². The van der Waals surface area contributed by atoms with E-state index in [4.69, 9.17) is 0 Å². The Labute approximate surface area is 131 Å². The lowest BCUT2D eigenvalue weighted by atomic mass is 10.0. The number of rotatable bonds is 3. The van der Waals surface area contributed by atoms with Crippen molar-refractivity contribution in [3.8, 4) is 0 Å². The molecule has 3 aromatic carbocycles. The molecule has 0 aliphatic carbocycles. The minimum absolute atomic E-state index is 0.194. The number of halogens is 2.